The van der Waals surface area contributed by atoms with Gasteiger partial charge < -0.3 is 5.11 Å². The van der Waals surface area contributed by atoms with E-state index in [1.807, 2.05) is 30.3 Å². The SMILES string of the molecule is C[C@]12CCC3c4ccc(O)cc4CCC3C1C/C(=C\c1ccccc1)C2=O. The second-order valence-corrected chi connectivity index (χ2v) is 8.87. The molecule has 2 saturated carbocycles. The lowest BCUT2D eigenvalue weighted by molar-refractivity contribution is -0.127. The highest BCUT2D eigenvalue weighted by atomic mass is 16.3. The van der Waals surface area contributed by atoms with Gasteiger partial charge in [0, 0.05) is 5.41 Å². The molecule has 27 heavy (non-hydrogen) atoms. The van der Waals surface area contributed by atoms with Crippen LogP contribution in [0.3, 0.4) is 0 Å². The number of phenols is 1. The molecule has 3 aliphatic rings. The molecule has 4 atom stereocenters. The number of carbonyl (C=O) groups is 1. The van der Waals surface area contributed by atoms with Crippen LogP contribution in [-0.2, 0) is 11.2 Å². The first-order valence-electron chi connectivity index (χ1n) is 10.2. The lowest BCUT2D eigenvalue weighted by Crippen LogP contribution is -2.42. The number of phenolic OH excluding ortho intramolecular Hbond substituents is 1. The Hall–Kier alpha value is -2.35. The normalized spacial score (nSPS) is 33.4. The lowest BCUT2D eigenvalue weighted by atomic mass is 9.55. The monoisotopic (exact) mass is 358 g/mol. The van der Waals surface area contributed by atoms with Gasteiger partial charge in [0.1, 0.15) is 5.75 Å². The average molecular weight is 358 g/mol. The summed E-state index contributed by atoms with van der Waals surface area (Å²) in [5.74, 6) is 2.31. The summed E-state index contributed by atoms with van der Waals surface area (Å²) < 4.78 is 0. The van der Waals surface area contributed by atoms with E-state index in [9.17, 15) is 9.90 Å². The Morgan fingerprint density at radius 2 is 1.93 bits per heavy atom. The van der Waals surface area contributed by atoms with Crippen molar-refractivity contribution in [2.45, 2.75) is 44.9 Å². The van der Waals surface area contributed by atoms with Crippen LogP contribution in [0.4, 0.5) is 0 Å². The van der Waals surface area contributed by atoms with Gasteiger partial charge in [-0.25, -0.2) is 0 Å². The fraction of sp³-hybridized carbons (Fsp3) is 0.400. The van der Waals surface area contributed by atoms with Crippen LogP contribution in [0.1, 0.15) is 55.2 Å². The Morgan fingerprint density at radius 3 is 2.74 bits per heavy atom. The van der Waals surface area contributed by atoms with Crippen molar-refractivity contribution in [3.8, 4) is 5.75 Å². The van der Waals surface area contributed by atoms with Gasteiger partial charge in [0.25, 0.3) is 0 Å². The molecule has 0 aliphatic heterocycles. The van der Waals surface area contributed by atoms with Crippen molar-refractivity contribution in [2.75, 3.05) is 0 Å². The summed E-state index contributed by atoms with van der Waals surface area (Å²) in [4.78, 5) is 13.3. The standard InChI is InChI=1S/C25H26O2/c1-25-12-11-21-20-10-8-19(26)14-17(20)7-9-22(21)23(25)15-18(24(25)27)13-16-5-3-2-4-6-16/h2-6,8,10,13-14,21-23,26H,7,9,11-12,15H2,1H3/b18-13+/t21?,22?,23?,25-/m0/s1. The molecule has 5 rings (SSSR count). The van der Waals surface area contributed by atoms with E-state index in [1.165, 1.54) is 11.1 Å². The number of ketones is 1. The predicted octanol–water partition coefficient (Wildman–Crippen LogP) is 5.51. The summed E-state index contributed by atoms with van der Waals surface area (Å²) in [7, 11) is 0. The molecule has 2 aromatic carbocycles. The molecule has 3 aliphatic carbocycles. The van der Waals surface area contributed by atoms with Crippen LogP contribution in [0.2, 0.25) is 0 Å². The molecule has 0 aromatic heterocycles. The zero-order valence-electron chi connectivity index (χ0n) is 15.8. The maximum absolute atomic E-state index is 13.3. The first kappa shape index (κ1) is 16.8. The van der Waals surface area contributed by atoms with E-state index in [2.05, 4.69) is 31.2 Å². The molecular weight excluding hydrogens is 332 g/mol. The number of carbonyl (C=O) groups excluding carboxylic acids is 1. The van der Waals surface area contributed by atoms with E-state index >= 15 is 0 Å². The lowest BCUT2D eigenvalue weighted by Gasteiger charge is -2.48. The van der Waals surface area contributed by atoms with E-state index in [1.54, 1.807) is 0 Å². The molecule has 2 nitrogen and oxygen atoms in total. The van der Waals surface area contributed by atoms with Crippen molar-refractivity contribution < 1.29 is 9.90 Å². The van der Waals surface area contributed by atoms with Gasteiger partial charge >= 0.3 is 0 Å². The van der Waals surface area contributed by atoms with Gasteiger partial charge in [-0.3, -0.25) is 4.79 Å². The summed E-state index contributed by atoms with van der Waals surface area (Å²) in [6.45, 7) is 2.22. The van der Waals surface area contributed by atoms with Gasteiger partial charge in [-0.15, -0.1) is 0 Å². The second-order valence-electron chi connectivity index (χ2n) is 8.87. The van der Waals surface area contributed by atoms with E-state index in [-0.39, 0.29) is 5.41 Å². The number of aromatic hydroxyl groups is 1. The Morgan fingerprint density at radius 1 is 1.11 bits per heavy atom. The van der Waals surface area contributed by atoms with E-state index in [4.69, 9.17) is 0 Å². The molecule has 138 valence electrons. The van der Waals surface area contributed by atoms with Crippen molar-refractivity contribution in [2.24, 2.45) is 17.3 Å². The molecule has 0 bridgehead atoms. The van der Waals surface area contributed by atoms with Gasteiger partial charge in [-0.1, -0.05) is 43.3 Å². The zero-order chi connectivity index (χ0) is 18.6. The van der Waals surface area contributed by atoms with Crippen LogP contribution < -0.4 is 0 Å². The summed E-state index contributed by atoms with van der Waals surface area (Å²) in [5, 5.41) is 9.83. The number of rotatable bonds is 1. The molecule has 1 N–H and O–H groups in total. The van der Waals surface area contributed by atoms with Crippen LogP contribution in [0, 0.1) is 17.3 Å². The number of allylic oxidation sites excluding steroid dienone is 1. The predicted molar refractivity (Wildman–Crippen MR) is 108 cm³/mol. The topological polar surface area (TPSA) is 37.3 Å². The molecule has 2 heteroatoms. The maximum Gasteiger partial charge on any atom is 0.165 e. The summed E-state index contributed by atoms with van der Waals surface area (Å²) in [6, 6.07) is 16.1. The van der Waals surface area contributed by atoms with Crippen LogP contribution in [0.5, 0.6) is 5.75 Å². The van der Waals surface area contributed by atoms with Crippen molar-refractivity contribution in [3.63, 3.8) is 0 Å². The minimum atomic E-state index is -0.198. The van der Waals surface area contributed by atoms with Crippen LogP contribution in [-0.4, -0.2) is 10.9 Å². The van der Waals surface area contributed by atoms with Crippen LogP contribution in [0.15, 0.2) is 54.1 Å². The van der Waals surface area contributed by atoms with E-state index in [0.717, 1.165) is 43.2 Å². The zero-order valence-corrected chi connectivity index (χ0v) is 15.8. The highest BCUT2D eigenvalue weighted by molar-refractivity contribution is 6.06. The van der Waals surface area contributed by atoms with Gasteiger partial charge in [0.15, 0.2) is 5.78 Å². The average Bonchev–Trinajstić information content (AvgIpc) is 2.93. The minimum absolute atomic E-state index is 0.198. The number of fused-ring (bicyclic) bond motifs is 5. The summed E-state index contributed by atoms with van der Waals surface area (Å²) >= 11 is 0. The molecule has 0 heterocycles. The third-order valence-corrected chi connectivity index (χ3v) is 7.49. The molecule has 2 aromatic rings. The van der Waals surface area contributed by atoms with Gasteiger partial charge in [0.2, 0.25) is 0 Å². The van der Waals surface area contributed by atoms with Gasteiger partial charge in [-0.05, 0) is 90.3 Å². The molecule has 2 fully saturated rings. The van der Waals surface area contributed by atoms with Crippen molar-refractivity contribution in [1.29, 1.82) is 0 Å². The summed E-state index contributed by atoms with van der Waals surface area (Å²) in [5.41, 5.74) is 4.68. The largest absolute Gasteiger partial charge is 0.508 e. The molecule has 0 radical (unpaired) electrons. The first-order chi connectivity index (χ1) is 13.1. The number of benzene rings is 2. The second kappa shape index (κ2) is 6.09. The highest BCUT2D eigenvalue weighted by Crippen LogP contribution is 2.60. The van der Waals surface area contributed by atoms with Crippen LogP contribution in [0.25, 0.3) is 6.08 Å². The first-order valence-corrected chi connectivity index (χ1v) is 10.2. The highest BCUT2D eigenvalue weighted by Gasteiger charge is 2.56. The van der Waals surface area contributed by atoms with Gasteiger partial charge in [0.05, 0.1) is 0 Å². The maximum atomic E-state index is 13.3. The number of Topliss-reactive ketones (excluding diaryl/α,β-unsaturated/α-hetero) is 1. The fourth-order valence-corrected chi connectivity index (χ4v) is 6.12. The third kappa shape index (κ3) is 2.57. The number of aryl methyl sites for hydroxylation is 1. The van der Waals surface area contributed by atoms with E-state index in [0.29, 0.717) is 29.3 Å². The number of hydrogen-bond donors (Lipinski definition) is 1. The molecule has 0 amide bonds. The molecular formula is C25H26O2. The van der Waals surface area contributed by atoms with Crippen molar-refractivity contribution in [3.05, 3.63) is 70.8 Å². The third-order valence-electron chi connectivity index (χ3n) is 7.49. The molecule has 0 spiro atoms. The van der Waals surface area contributed by atoms with Crippen molar-refractivity contribution >= 4 is 11.9 Å². The van der Waals surface area contributed by atoms with Crippen LogP contribution >= 0.6 is 0 Å². The Labute approximate surface area is 160 Å². The fourth-order valence-electron chi connectivity index (χ4n) is 6.12. The van der Waals surface area contributed by atoms with Gasteiger partial charge in [-0.2, -0.15) is 0 Å². The van der Waals surface area contributed by atoms with E-state index < -0.39 is 0 Å². The number of hydrogen-bond acceptors (Lipinski definition) is 2. The molecule has 0 saturated heterocycles. The van der Waals surface area contributed by atoms with Crippen molar-refractivity contribution in [1.82, 2.24) is 0 Å². The summed E-state index contributed by atoms with van der Waals surface area (Å²) in [6.07, 6.45) is 7.25. The quantitative estimate of drug-likeness (QED) is 0.682. The Kier molecular flexibility index (Phi) is 3.79. The molecule has 3 unspecified atom stereocenters. The smallest absolute Gasteiger partial charge is 0.165 e. The minimum Gasteiger partial charge on any atom is -0.508 e. The Balaban J connectivity index is 1.50. The Bertz CT molecular complexity index is 927.